The first-order valence-electron chi connectivity index (χ1n) is 12.5. The fourth-order valence-corrected chi connectivity index (χ4v) is 5.98. The zero-order valence-electron chi connectivity index (χ0n) is 20.7. The number of nitrogens with zero attached hydrogens (tertiary/aromatic N) is 3. The summed E-state index contributed by atoms with van der Waals surface area (Å²) in [6, 6.07) is 18.9. The largest absolute Gasteiger partial charge is 0.359 e. The van der Waals surface area contributed by atoms with Gasteiger partial charge in [0, 0.05) is 39.5 Å². The van der Waals surface area contributed by atoms with Gasteiger partial charge in [-0.05, 0) is 30.3 Å². The summed E-state index contributed by atoms with van der Waals surface area (Å²) < 4.78 is 0.785. The summed E-state index contributed by atoms with van der Waals surface area (Å²) >= 11 is 3.36. The van der Waals surface area contributed by atoms with Crippen LogP contribution in [0.3, 0.4) is 0 Å². The monoisotopic (exact) mass is 597 g/mol. The number of imide groups is 1. The molecule has 40 heavy (non-hydrogen) atoms. The number of allylic oxidation sites excluding steroid dienone is 2. The quantitative estimate of drug-likeness (QED) is 0.174. The smallest absolute Gasteiger partial charge is 0.269 e. The first-order valence-corrected chi connectivity index (χ1v) is 13.2. The molecule has 2 amide bonds. The predicted octanol–water partition coefficient (Wildman–Crippen LogP) is 4.74. The Balaban J connectivity index is 1.42. The third-order valence-corrected chi connectivity index (χ3v) is 8.09. The molecule has 0 aromatic heterocycles. The van der Waals surface area contributed by atoms with Crippen molar-refractivity contribution in [2.75, 3.05) is 4.90 Å². The first kappa shape index (κ1) is 25.6. The molecule has 6 rings (SSSR count). The minimum absolute atomic E-state index is 0.179. The van der Waals surface area contributed by atoms with Crippen molar-refractivity contribution in [2.45, 2.75) is 12.1 Å². The molecule has 10 heteroatoms. The molecular formula is C30H20BrN3O6. The van der Waals surface area contributed by atoms with E-state index < -0.39 is 40.7 Å². The van der Waals surface area contributed by atoms with Crippen LogP contribution >= 0.6 is 15.9 Å². The van der Waals surface area contributed by atoms with Gasteiger partial charge in [0.25, 0.3) is 5.69 Å². The Morgan fingerprint density at radius 1 is 0.825 bits per heavy atom. The number of rotatable bonds is 6. The molecule has 0 aliphatic carbocycles. The minimum atomic E-state index is -1.02. The van der Waals surface area contributed by atoms with E-state index >= 15 is 0 Å². The van der Waals surface area contributed by atoms with E-state index in [1.807, 2.05) is 0 Å². The Hall–Kier alpha value is -4.70. The molecule has 4 atom stereocenters. The van der Waals surface area contributed by atoms with Gasteiger partial charge in [-0.3, -0.25) is 29.3 Å². The van der Waals surface area contributed by atoms with Crippen LogP contribution in [0.2, 0.25) is 0 Å². The van der Waals surface area contributed by atoms with Crippen molar-refractivity contribution in [1.29, 1.82) is 0 Å². The van der Waals surface area contributed by atoms with E-state index in [2.05, 4.69) is 15.9 Å². The molecule has 0 N–H and O–H groups in total. The summed E-state index contributed by atoms with van der Waals surface area (Å²) in [6.07, 6.45) is 4.89. The number of hydrogen-bond acceptors (Lipinski definition) is 7. The number of nitro benzene ring substituents is 1. The number of hydrogen-bond donors (Lipinski definition) is 0. The highest BCUT2D eigenvalue weighted by atomic mass is 79.9. The number of non-ortho nitro benzene ring substituents is 1. The van der Waals surface area contributed by atoms with Gasteiger partial charge in [0.1, 0.15) is 6.04 Å². The third-order valence-electron chi connectivity index (χ3n) is 7.56. The summed E-state index contributed by atoms with van der Waals surface area (Å²) in [5.41, 5.74) is 1.22. The van der Waals surface area contributed by atoms with Gasteiger partial charge in [0.15, 0.2) is 11.6 Å². The standard InChI is InChI=1S/C30H20BrN3O6/c31-20-8-6-18(7-9-20)28(36)26-25-24(29(37)33(30(25)38)21-10-12-22(13-11-21)34(39)40)23-16-19(14-15-32(23)26)27(35)17-4-2-1-3-5-17/h1-16,23-26H/t23-,24-,25-,26+/m0/s1. The number of benzene rings is 3. The van der Waals surface area contributed by atoms with Crippen LogP contribution in [-0.4, -0.2) is 45.3 Å². The van der Waals surface area contributed by atoms with Crippen LogP contribution in [0.5, 0.6) is 0 Å². The van der Waals surface area contributed by atoms with Crippen LogP contribution in [0, 0.1) is 22.0 Å². The Morgan fingerprint density at radius 2 is 1.48 bits per heavy atom. The highest BCUT2D eigenvalue weighted by Crippen LogP contribution is 2.47. The van der Waals surface area contributed by atoms with Crippen molar-refractivity contribution < 1.29 is 24.1 Å². The molecule has 0 unspecified atom stereocenters. The van der Waals surface area contributed by atoms with Gasteiger partial charge in [0.2, 0.25) is 11.8 Å². The van der Waals surface area contributed by atoms with E-state index in [1.165, 1.54) is 24.3 Å². The van der Waals surface area contributed by atoms with Gasteiger partial charge in [-0.2, -0.15) is 0 Å². The molecule has 9 nitrogen and oxygen atoms in total. The van der Waals surface area contributed by atoms with E-state index in [0.717, 1.165) is 9.37 Å². The molecule has 3 aliphatic heterocycles. The molecule has 3 aromatic rings. The number of halogens is 1. The molecule has 3 heterocycles. The van der Waals surface area contributed by atoms with Crippen LogP contribution in [0.4, 0.5) is 11.4 Å². The zero-order chi connectivity index (χ0) is 28.1. The zero-order valence-corrected chi connectivity index (χ0v) is 22.3. The summed E-state index contributed by atoms with van der Waals surface area (Å²) in [6.45, 7) is 0. The average Bonchev–Trinajstić information content (AvgIpc) is 3.44. The van der Waals surface area contributed by atoms with Gasteiger partial charge in [0.05, 0.1) is 28.5 Å². The number of amides is 2. The van der Waals surface area contributed by atoms with E-state index in [9.17, 15) is 29.3 Å². The second-order valence-electron chi connectivity index (χ2n) is 9.72. The first-order chi connectivity index (χ1) is 19.3. The van der Waals surface area contributed by atoms with Crippen molar-refractivity contribution in [3.8, 4) is 0 Å². The lowest BCUT2D eigenvalue weighted by molar-refractivity contribution is -0.384. The van der Waals surface area contributed by atoms with E-state index in [0.29, 0.717) is 16.7 Å². The van der Waals surface area contributed by atoms with Gasteiger partial charge in [-0.25, -0.2) is 4.90 Å². The second kappa shape index (κ2) is 9.80. The number of Topliss-reactive ketones (excluding diaryl/α,β-unsaturated/α-hetero) is 2. The SMILES string of the molecule is O=C(C1=C[C@H]2[C@@H]3C(=O)N(c4ccc([N+](=O)[O-])cc4)C(=O)[C@@H]3[C@H](C(=O)c3ccc(Br)cc3)N2C=C1)c1ccccc1. The molecule has 3 aliphatic rings. The maximum atomic E-state index is 13.9. The van der Waals surface area contributed by atoms with Crippen molar-refractivity contribution in [1.82, 2.24) is 4.90 Å². The number of carbonyl (C=O) groups excluding carboxylic acids is 4. The second-order valence-corrected chi connectivity index (χ2v) is 10.6. The number of nitro groups is 1. The van der Waals surface area contributed by atoms with Crippen molar-refractivity contribution >= 4 is 50.7 Å². The maximum Gasteiger partial charge on any atom is 0.269 e. The van der Waals surface area contributed by atoms with Crippen LogP contribution in [0.15, 0.2) is 107 Å². The normalized spacial score (nSPS) is 23.1. The number of ketones is 2. The van der Waals surface area contributed by atoms with E-state index in [4.69, 9.17) is 0 Å². The maximum absolute atomic E-state index is 13.9. The highest BCUT2D eigenvalue weighted by molar-refractivity contribution is 9.10. The molecule has 0 saturated carbocycles. The van der Waals surface area contributed by atoms with Crippen LogP contribution in [0.25, 0.3) is 0 Å². The molecule has 198 valence electrons. The van der Waals surface area contributed by atoms with E-state index in [1.54, 1.807) is 77.8 Å². The Bertz CT molecular complexity index is 1630. The molecular weight excluding hydrogens is 578 g/mol. The lowest BCUT2D eigenvalue weighted by Gasteiger charge is -2.32. The van der Waals surface area contributed by atoms with Crippen molar-refractivity contribution in [3.63, 3.8) is 0 Å². The number of anilines is 1. The van der Waals surface area contributed by atoms with Gasteiger partial charge < -0.3 is 4.90 Å². The van der Waals surface area contributed by atoms with Crippen LogP contribution in [0.1, 0.15) is 20.7 Å². The number of carbonyl (C=O) groups is 4. The van der Waals surface area contributed by atoms with Gasteiger partial charge >= 0.3 is 0 Å². The predicted molar refractivity (Wildman–Crippen MR) is 148 cm³/mol. The summed E-state index contributed by atoms with van der Waals surface area (Å²) in [4.78, 5) is 68.1. The molecule has 0 spiro atoms. The minimum Gasteiger partial charge on any atom is -0.359 e. The fourth-order valence-electron chi connectivity index (χ4n) is 5.72. The number of fused-ring (bicyclic) bond motifs is 3. The molecule has 0 radical (unpaired) electrons. The Morgan fingerprint density at radius 3 is 2.12 bits per heavy atom. The molecule has 3 aromatic carbocycles. The fraction of sp³-hybridized carbons (Fsp3) is 0.133. The lowest BCUT2D eigenvalue weighted by atomic mass is 9.85. The average molecular weight is 598 g/mol. The molecule has 2 fully saturated rings. The lowest BCUT2D eigenvalue weighted by Crippen LogP contribution is -2.46. The summed E-state index contributed by atoms with van der Waals surface area (Å²) in [5.74, 6) is -3.60. The molecule has 2 saturated heterocycles. The summed E-state index contributed by atoms with van der Waals surface area (Å²) in [5, 5.41) is 11.1. The van der Waals surface area contributed by atoms with Gasteiger partial charge in [-0.15, -0.1) is 0 Å². The van der Waals surface area contributed by atoms with Crippen LogP contribution in [-0.2, 0) is 9.59 Å². The van der Waals surface area contributed by atoms with Gasteiger partial charge in [-0.1, -0.05) is 64.5 Å². The summed E-state index contributed by atoms with van der Waals surface area (Å²) in [7, 11) is 0. The topological polar surface area (TPSA) is 118 Å². The highest BCUT2D eigenvalue weighted by Gasteiger charge is 2.63. The van der Waals surface area contributed by atoms with Crippen molar-refractivity contribution in [2.24, 2.45) is 11.8 Å². The Kier molecular flexibility index (Phi) is 6.26. The Labute approximate surface area is 236 Å². The van der Waals surface area contributed by atoms with Crippen LogP contribution < -0.4 is 4.90 Å². The molecule has 0 bridgehead atoms. The van der Waals surface area contributed by atoms with E-state index in [-0.39, 0.29) is 22.9 Å². The third kappa shape index (κ3) is 4.08. The van der Waals surface area contributed by atoms with Crippen molar-refractivity contribution in [3.05, 3.63) is 129 Å².